The highest BCUT2D eigenvalue weighted by molar-refractivity contribution is 6.18. The minimum atomic E-state index is 0.00974. The molecule has 0 radical (unpaired) electrons. The van der Waals surface area contributed by atoms with Gasteiger partial charge in [-0.15, -0.1) is 11.6 Å². The average molecular weight is 256 g/mol. The van der Waals surface area contributed by atoms with Gasteiger partial charge >= 0.3 is 0 Å². The molecule has 17 heavy (non-hydrogen) atoms. The quantitative estimate of drug-likeness (QED) is 0.761. The first-order valence-electron chi connectivity index (χ1n) is 5.70. The molecule has 0 bridgehead atoms. The van der Waals surface area contributed by atoms with Crippen LogP contribution in [-0.4, -0.2) is 25.5 Å². The molecule has 0 aliphatic heterocycles. The van der Waals surface area contributed by atoms with Crippen molar-refractivity contribution in [2.75, 3.05) is 24.9 Å². The molecule has 1 aromatic rings. The van der Waals surface area contributed by atoms with E-state index in [0.717, 1.165) is 17.7 Å². The summed E-state index contributed by atoms with van der Waals surface area (Å²) in [6.07, 6.45) is 1.96. The molecule has 0 aliphatic carbocycles. The third-order valence-corrected chi connectivity index (χ3v) is 2.67. The van der Waals surface area contributed by atoms with Gasteiger partial charge < -0.3 is 10.1 Å². The average Bonchev–Trinajstić information content (AvgIpc) is 2.35. The second-order valence-electron chi connectivity index (χ2n) is 3.74. The smallest absolute Gasteiger partial charge is 0.224 e. The van der Waals surface area contributed by atoms with Crippen molar-refractivity contribution in [3.05, 3.63) is 29.8 Å². The van der Waals surface area contributed by atoms with E-state index in [1.165, 1.54) is 0 Å². The lowest BCUT2D eigenvalue weighted by Gasteiger charge is -2.10. The van der Waals surface area contributed by atoms with Gasteiger partial charge in [0.25, 0.3) is 0 Å². The van der Waals surface area contributed by atoms with Crippen LogP contribution in [0.4, 0.5) is 5.69 Å². The van der Waals surface area contributed by atoms with Gasteiger partial charge in [-0.2, -0.15) is 0 Å². The van der Waals surface area contributed by atoms with Crippen molar-refractivity contribution in [2.45, 2.75) is 19.3 Å². The number of halogens is 1. The van der Waals surface area contributed by atoms with Gasteiger partial charge in [-0.25, -0.2) is 0 Å². The number of nitrogens with one attached hydrogen (secondary N) is 1. The number of methoxy groups -OCH3 is 1. The number of carbonyl (C=O) groups is 1. The number of para-hydroxylation sites is 1. The zero-order valence-corrected chi connectivity index (χ0v) is 10.8. The van der Waals surface area contributed by atoms with Crippen molar-refractivity contribution in [1.82, 2.24) is 0 Å². The van der Waals surface area contributed by atoms with Gasteiger partial charge in [0.1, 0.15) is 0 Å². The van der Waals surface area contributed by atoms with Crippen molar-refractivity contribution >= 4 is 23.2 Å². The van der Waals surface area contributed by atoms with Gasteiger partial charge in [0, 0.05) is 25.1 Å². The number of alkyl halides is 1. The monoisotopic (exact) mass is 255 g/mol. The lowest BCUT2D eigenvalue weighted by Crippen LogP contribution is -2.13. The Hall–Kier alpha value is -1.06. The molecule has 0 saturated carbocycles. The number of amides is 1. The largest absolute Gasteiger partial charge is 0.384 e. The van der Waals surface area contributed by atoms with Crippen molar-refractivity contribution in [3.63, 3.8) is 0 Å². The molecule has 0 aromatic heterocycles. The number of ether oxygens (including phenoxy) is 1. The molecule has 1 aromatic carbocycles. The van der Waals surface area contributed by atoms with E-state index in [2.05, 4.69) is 5.32 Å². The van der Waals surface area contributed by atoms with Crippen molar-refractivity contribution in [1.29, 1.82) is 0 Å². The van der Waals surface area contributed by atoms with Crippen LogP contribution in [0.5, 0.6) is 0 Å². The third kappa shape index (κ3) is 5.20. The van der Waals surface area contributed by atoms with Crippen LogP contribution in [0.15, 0.2) is 24.3 Å². The molecule has 0 spiro atoms. The molecule has 4 heteroatoms. The molecular formula is C13H18ClNO2. The predicted molar refractivity (Wildman–Crippen MR) is 70.6 cm³/mol. The third-order valence-electron chi connectivity index (χ3n) is 2.40. The maximum absolute atomic E-state index is 11.6. The number of carbonyl (C=O) groups excluding carboxylic acids is 1. The predicted octanol–water partition coefficient (Wildman–Crippen LogP) is 2.83. The Bertz CT molecular complexity index is 355. The molecule has 3 nitrogen and oxygen atoms in total. The lowest BCUT2D eigenvalue weighted by molar-refractivity contribution is -0.116. The van der Waals surface area contributed by atoms with Crippen molar-refractivity contribution in [2.24, 2.45) is 0 Å². The summed E-state index contributed by atoms with van der Waals surface area (Å²) in [5.74, 6) is 0.522. The van der Waals surface area contributed by atoms with E-state index in [4.69, 9.17) is 16.3 Å². The highest BCUT2D eigenvalue weighted by Crippen LogP contribution is 2.16. The molecule has 1 rings (SSSR count). The van der Waals surface area contributed by atoms with Crippen molar-refractivity contribution in [3.8, 4) is 0 Å². The minimum Gasteiger partial charge on any atom is -0.384 e. The standard InChI is InChI=1S/C13H18ClNO2/c1-17-10-8-11-5-2-3-6-12(11)15-13(16)7-4-9-14/h2-3,5-6H,4,7-10H2,1H3,(H,15,16). The molecule has 0 unspecified atom stereocenters. The Labute approximate surface area is 107 Å². The summed E-state index contributed by atoms with van der Waals surface area (Å²) in [6, 6.07) is 7.77. The first kappa shape index (κ1) is 14.0. The number of hydrogen-bond acceptors (Lipinski definition) is 2. The van der Waals surface area contributed by atoms with Gasteiger partial charge in [-0.1, -0.05) is 18.2 Å². The van der Waals surface area contributed by atoms with Crippen LogP contribution >= 0.6 is 11.6 Å². The first-order valence-corrected chi connectivity index (χ1v) is 6.24. The molecule has 1 amide bonds. The van der Waals surface area contributed by atoms with E-state index in [1.54, 1.807) is 7.11 Å². The zero-order valence-electron chi connectivity index (χ0n) is 10.0. The second kappa shape index (κ2) is 8.09. The number of benzene rings is 1. The summed E-state index contributed by atoms with van der Waals surface area (Å²) in [6.45, 7) is 0.647. The molecule has 94 valence electrons. The second-order valence-corrected chi connectivity index (χ2v) is 4.12. The van der Waals surface area contributed by atoms with Gasteiger partial charge in [-0.3, -0.25) is 4.79 Å². The van der Waals surface area contributed by atoms with Crippen LogP contribution < -0.4 is 5.32 Å². The van der Waals surface area contributed by atoms with E-state index in [0.29, 0.717) is 25.3 Å². The van der Waals surface area contributed by atoms with E-state index in [-0.39, 0.29) is 5.91 Å². The Morgan fingerprint density at radius 3 is 2.88 bits per heavy atom. The molecular weight excluding hydrogens is 238 g/mol. The molecule has 0 heterocycles. The van der Waals surface area contributed by atoms with Crippen LogP contribution in [0, 0.1) is 0 Å². The Kier molecular flexibility index (Phi) is 6.67. The molecule has 0 fully saturated rings. The first-order chi connectivity index (χ1) is 8.27. The number of anilines is 1. The fraction of sp³-hybridized carbons (Fsp3) is 0.462. The van der Waals surface area contributed by atoms with Crippen LogP contribution in [0.3, 0.4) is 0 Å². The van der Waals surface area contributed by atoms with E-state index in [9.17, 15) is 4.79 Å². The number of hydrogen-bond donors (Lipinski definition) is 1. The lowest BCUT2D eigenvalue weighted by atomic mass is 10.1. The highest BCUT2D eigenvalue weighted by Gasteiger charge is 2.05. The summed E-state index contributed by atoms with van der Waals surface area (Å²) in [7, 11) is 1.67. The SMILES string of the molecule is COCCc1ccccc1NC(=O)CCCCl. The summed E-state index contributed by atoms with van der Waals surface area (Å²) in [5.41, 5.74) is 1.96. The van der Waals surface area contributed by atoms with Crippen LogP contribution in [0.2, 0.25) is 0 Å². The minimum absolute atomic E-state index is 0.00974. The summed E-state index contributed by atoms with van der Waals surface area (Å²) in [5, 5.41) is 2.90. The van der Waals surface area contributed by atoms with Gasteiger partial charge in [0.15, 0.2) is 0 Å². The Balaban J connectivity index is 2.59. The van der Waals surface area contributed by atoms with Crippen LogP contribution in [0.25, 0.3) is 0 Å². The summed E-state index contributed by atoms with van der Waals surface area (Å²) in [4.78, 5) is 11.6. The zero-order chi connectivity index (χ0) is 12.5. The molecule has 0 aliphatic rings. The molecule has 0 saturated heterocycles. The van der Waals surface area contributed by atoms with Crippen LogP contribution in [-0.2, 0) is 16.0 Å². The van der Waals surface area contributed by atoms with E-state index in [1.807, 2.05) is 24.3 Å². The van der Waals surface area contributed by atoms with Gasteiger partial charge in [0.2, 0.25) is 5.91 Å². The maximum atomic E-state index is 11.6. The molecule has 1 N–H and O–H groups in total. The highest BCUT2D eigenvalue weighted by atomic mass is 35.5. The summed E-state index contributed by atoms with van der Waals surface area (Å²) < 4.78 is 5.04. The van der Waals surface area contributed by atoms with Gasteiger partial charge in [-0.05, 0) is 24.5 Å². The van der Waals surface area contributed by atoms with Gasteiger partial charge in [0.05, 0.1) is 6.61 Å². The molecule has 0 atom stereocenters. The fourth-order valence-electron chi connectivity index (χ4n) is 1.51. The maximum Gasteiger partial charge on any atom is 0.224 e. The Morgan fingerprint density at radius 1 is 1.41 bits per heavy atom. The van der Waals surface area contributed by atoms with Crippen molar-refractivity contribution < 1.29 is 9.53 Å². The fourth-order valence-corrected chi connectivity index (χ4v) is 1.65. The Morgan fingerprint density at radius 2 is 2.18 bits per heavy atom. The van der Waals surface area contributed by atoms with Crippen LogP contribution in [0.1, 0.15) is 18.4 Å². The topological polar surface area (TPSA) is 38.3 Å². The number of rotatable bonds is 7. The normalized spacial score (nSPS) is 10.2. The van der Waals surface area contributed by atoms with E-state index >= 15 is 0 Å². The van der Waals surface area contributed by atoms with E-state index < -0.39 is 0 Å². The summed E-state index contributed by atoms with van der Waals surface area (Å²) >= 11 is 5.55.